The molecule has 0 spiro atoms. The van der Waals surface area contributed by atoms with Crippen molar-refractivity contribution in [3.8, 4) is 11.1 Å². The molecular formula is C18H15F4I. The summed E-state index contributed by atoms with van der Waals surface area (Å²) < 4.78 is 55.7. The average molecular weight is 434 g/mol. The van der Waals surface area contributed by atoms with Crippen LogP contribution >= 0.6 is 22.6 Å². The maximum absolute atomic E-state index is 14.4. The molecule has 0 radical (unpaired) electrons. The van der Waals surface area contributed by atoms with E-state index in [9.17, 15) is 17.6 Å². The number of alkyl halides is 1. The van der Waals surface area contributed by atoms with Gasteiger partial charge in [0.15, 0.2) is 11.6 Å². The van der Waals surface area contributed by atoms with Crippen molar-refractivity contribution in [2.75, 3.05) is 0 Å². The molecule has 1 aliphatic carbocycles. The highest BCUT2D eigenvalue weighted by atomic mass is 127. The highest BCUT2D eigenvalue weighted by Crippen LogP contribution is 2.38. The molecule has 0 unspecified atom stereocenters. The molecule has 2 aromatic rings. The van der Waals surface area contributed by atoms with Gasteiger partial charge < -0.3 is 0 Å². The van der Waals surface area contributed by atoms with Gasteiger partial charge in [-0.05, 0) is 67.0 Å². The van der Waals surface area contributed by atoms with Crippen molar-refractivity contribution in [1.82, 2.24) is 0 Å². The number of halogens is 5. The van der Waals surface area contributed by atoms with Gasteiger partial charge in [-0.25, -0.2) is 17.6 Å². The molecule has 0 nitrogen and oxygen atoms in total. The monoisotopic (exact) mass is 434 g/mol. The van der Waals surface area contributed by atoms with E-state index in [2.05, 4.69) is 22.6 Å². The van der Waals surface area contributed by atoms with Crippen molar-refractivity contribution in [2.45, 2.75) is 35.5 Å². The van der Waals surface area contributed by atoms with Crippen molar-refractivity contribution in [1.29, 1.82) is 0 Å². The molecule has 1 fully saturated rings. The van der Waals surface area contributed by atoms with Gasteiger partial charge in [-0.15, -0.1) is 0 Å². The van der Waals surface area contributed by atoms with Crippen LogP contribution < -0.4 is 0 Å². The Labute approximate surface area is 146 Å². The Bertz CT molecular complexity index is 698. The second-order valence-electron chi connectivity index (χ2n) is 5.94. The lowest BCUT2D eigenvalue weighted by Crippen LogP contribution is -2.13. The minimum absolute atomic E-state index is 0.00132. The average Bonchev–Trinajstić information content (AvgIpc) is 2.51. The van der Waals surface area contributed by atoms with Crippen LogP contribution in [0.2, 0.25) is 0 Å². The van der Waals surface area contributed by atoms with Gasteiger partial charge in [-0.3, -0.25) is 0 Å². The maximum atomic E-state index is 14.4. The predicted molar refractivity (Wildman–Crippen MR) is 90.7 cm³/mol. The van der Waals surface area contributed by atoms with Crippen LogP contribution in [0.3, 0.4) is 0 Å². The highest BCUT2D eigenvalue weighted by Gasteiger charge is 2.23. The van der Waals surface area contributed by atoms with Crippen LogP contribution in [0.25, 0.3) is 11.1 Å². The first kappa shape index (κ1) is 16.7. The molecule has 1 saturated carbocycles. The zero-order chi connectivity index (χ0) is 16.6. The molecule has 0 bridgehead atoms. The Morgan fingerprint density at radius 2 is 1.35 bits per heavy atom. The third-order valence-electron chi connectivity index (χ3n) is 4.40. The highest BCUT2D eigenvalue weighted by molar-refractivity contribution is 14.1. The normalized spacial score (nSPS) is 21.4. The van der Waals surface area contributed by atoms with E-state index >= 15 is 0 Å². The second-order valence-corrected chi connectivity index (χ2v) is 7.70. The summed E-state index contributed by atoms with van der Waals surface area (Å²) in [6.07, 6.45) is 3.91. The standard InChI is InChI=1S/C18H15F4I/c19-14-6-3-11(7-15(14)20)18-16(21)8-12(9-17(18)22)10-1-4-13(23)5-2-10/h3,6-10,13H,1-2,4-5H2. The molecule has 0 aliphatic heterocycles. The minimum Gasteiger partial charge on any atom is -0.206 e. The zero-order valence-corrected chi connectivity index (χ0v) is 14.4. The third kappa shape index (κ3) is 3.54. The van der Waals surface area contributed by atoms with E-state index in [1.54, 1.807) is 0 Å². The first-order valence-corrected chi connectivity index (χ1v) is 8.78. The molecule has 3 rings (SSSR count). The number of hydrogen-bond acceptors (Lipinski definition) is 0. The Morgan fingerprint density at radius 3 is 1.91 bits per heavy atom. The Hall–Kier alpha value is -1.11. The summed E-state index contributed by atoms with van der Waals surface area (Å²) in [5, 5.41) is 0. The van der Waals surface area contributed by atoms with Crippen molar-refractivity contribution in [3.05, 3.63) is 59.2 Å². The van der Waals surface area contributed by atoms with Gasteiger partial charge in [0.05, 0.1) is 5.56 Å². The summed E-state index contributed by atoms with van der Waals surface area (Å²) in [5.41, 5.74) is 0.339. The molecule has 0 heterocycles. The van der Waals surface area contributed by atoms with E-state index in [0.717, 1.165) is 37.8 Å². The second kappa shape index (κ2) is 6.79. The molecule has 0 amide bonds. The fourth-order valence-corrected chi connectivity index (χ4v) is 3.86. The SMILES string of the molecule is Fc1ccc(-c2c(F)cc(C3CCC(I)CC3)cc2F)cc1F. The van der Waals surface area contributed by atoms with Gasteiger partial charge in [0.1, 0.15) is 11.6 Å². The topological polar surface area (TPSA) is 0 Å². The van der Waals surface area contributed by atoms with Crippen molar-refractivity contribution < 1.29 is 17.6 Å². The lowest BCUT2D eigenvalue weighted by molar-refractivity contribution is 0.457. The summed E-state index contributed by atoms with van der Waals surface area (Å²) in [7, 11) is 0. The zero-order valence-electron chi connectivity index (χ0n) is 12.3. The summed E-state index contributed by atoms with van der Waals surface area (Å²) in [4.78, 5) is 0. The van der Waals surface area contributed by atoms with Crippen LogP contribution in [0.5, 0.6) is 0 Å². The van der Waals surface area contributed by atoms with Gasteiger partial charge in [-0.1, -0.05) is 28.7 Å². The molecule has 23 heavy (non-hydrogen) atoms. The lowest BCUT2D eigenvalue weighted by Gasteiger charge is -2.26. The predicted octanol–water partition coefficient (Wildman–Crippen LogP) is 6.37. The van der Waals surface area contributed by atoms with Crippen LogP contribution in [0.4, 0.5) is 17.6 Å². The molecule has 122 valence electrons. The number of rotatable bonds is 2. The van der Waals surface area contributed by atoms with Gasteiger partial charge in [0.25, 0.3) is 0 Å². The summed E-state index contributed by atoms with van der Waals surface area (Å²) in [6.45, 7) is 0. The van der Waals surface area contributed by atoms with E-state index in [-0.39, 0.29) is 17.0 Å². The molecule has 5 heteroatoms. The third-order valence-corrected chi connectivity index (χ3v) is 5.65. The van der Waals surface area contributed by atoms with E-state index < -0.39 is 23.3 Å². The molecule has 1 aliphatic rings. The van der Waals surface area contributed by atoms with Gasteiger partial charge in [0, 0.05) is 3.92 Å². The maximum Gasteiger partial charge on any atom is 0.159 e. The van der Waals surface area contributed by atoms with Crippen LogP contribution in [0.1, 0.15) is 37.2 Å². The molecule has 0 saturated heterocycles. The molecule has 2 aromatic carbocycles. The van der Waals surface area contributed by atoms with Crippen LogP contribution in [0.15, 0.2) is 30.3 Å². The van der Waals surface area contributed by atoms with Crippen molar-refractivity contribution >= 4 is 22.6 Å². The Morgan fingerprint density at radius 1 is 0.739 bits per heavy atom. The lowest BCUT2D eigenvalue weighted by atomic mass is 9.83. The van der Waals surface area contributed by atoms with Gasteiger partial charge >= 0.3 is 0 Å². The smallest absolute Gasteiger partial charge is 0.159 e. The minimum atomic E-state index is -1.12. The van der Waals surface area contributed by atoms with Crippen molar-refractivity contribution in [2.24, 2.45) is 0 Å². The van der Waals surface area contributed by atoms with E-state index in [1.807, 2.05) is 0 Å². The largest absolute Gasteiger partial charge is 0.206 e. The van der Waals surface area contributed by atoms with Crippen LogP contribution in [0, 0.1) is 23.3 Å². The Balaban J connectivity index is 1.95. The first-order chi connectivity index (χ1) is 11.0. The van der Waals surface area contributed by atoms with Gasteiger partial charge in [0.2, 0.25) is 0 Å². The number of hydrogen-bond donors (Lipinski definition) is 0. The van der Waals surface area contributed by atoms with E-state index in [1.165, 1.54) is 18.2 Å². The fraction of sp³-hybridized carbons (Fsp3) is 0.333. The summed E-state index contributed by atoms with van der Waals surface area (Å²) >= 11 is 2.40. The molecular weight excluding hydrogens is 419 g/mol. The number of benzene rings is 2. The summed E-state index contributed by atoms with van der Waals surface area (Å²) in [6, 6.07) is 5.54. The summed E-state index contributed by atoms with van der Waals surface area (Å²) in [5.74, 6) is -3.47. The quantitative estimate of drug-likeness (QED) is 0.293. The van der Waals surface area contributed by atoms with E-state index in [4.69, 9.17) is 0 Å². The van der Waals surface area contributed by atoms with Crippen LogP contribution in [-0.2, 0) is 0 Å². The van der Waals surface area contributed by atoms with Gasteiger partial charge in [-0.2, -0.15) is 0 Å². The molecule has 0 atom stereocenters. The molecule has 0 aromatic heterocycles. The van der Waals surface area contributed by atoms with Crippen LogP contribution in [-0.4, -0.2) is 3.92 Å². The van der Waals surface area contributed by atoms with Crippen molar-refractivity contribution in [3.63, 3.8) is 0 Å². The Kier molecular flexibility index (Phi) is 4.94. The first-order valence-electron chi connectivity index (χ1n) is 7.54. The molecule has 0 N–H and O–H groups in total. The fourth-order valence-electron chi connectivity index (χ4n) is 3.14. The van der Waals surface area contributed by atoms with E-state index in [0.29, 0.717) is 9.49 Å².